The van der Waals surface area contributed by atoms with Crippen LogP contribution in [0, 0.1) is 11.8 Å². The molecule has 7 heteroatoms. The predicted molar refractivity (Wildman–Crippen MR) is 130 cm³/mol. The normalized spacial score (nSPS) is 19.0. The lowest BCUT2D eigenvalue weighted by Crippen LogP contribution is -2.40. The molecule has 1 aromatic carbocycles. The van der Waals surface area contributed by atoms with Crippen LogP contribution in [0.5, 0.6) is 0 Å². The summed E-state index contributed by atoms with van der Waals surface area (Å²) in [5.41, 5.74) is 1.53. The van der Waals surface area contributed by atoms with Crippen molar-refractivity contribution in [2.75, 3.05) is 26.2 Å². The lowest BCUT2D eigenvalue weighted by Gasteiger charge is -2.34. The van der Waals surface area contributed by atoms with Crippen LogP contribution in [0.15, 0.2) is 53.6 Å². The molecule has 4 rings (SSSR count). The molecule has 1 saturated heterocycles. The van der Waals surface area contributed by atoms with Gasteiger partial charge in [0.1, 0.15) is 6.54 Å². The average Bonchev–Trinajstić information content (AvgIpc) is 2.80. The van der Waals surface area contributed by atoms with Crippen LogP contribution in [-0.2, 0) is 17.8 Å². The lowest BCUT2D eigenvalue weighted by atomic mass is 9.92. The third kappa shape index (κ3) is 6.05. The third-order valence-corrected chi connectivity index (χ3v) is 6.25. The molecule has 0 saturated carbocycles. The van der Waals surface area contributed by atoms with E-state index in [-0.39, 0.29) is 18.0 Å². The topological polar surface area (TPSA) is 80.1 Å². The van der Waals surface area contributed by atoms with Gasteiger partial charge in [0.25, 0.3) is 5.56 Å². The van der Waals surface area contributed by atoms with Crippen LogP contribution in [0.25, 0.3) is 10.8 Å². The summed E-state index contributed by atoms with van der Waals surface area (Å²) in [5, 5.41) is 8.91. The number of fused-ring (bicyclic) bond motifs is 1. The fourth-order valence-electron chi connectivity index (χ4n) is 4.94. The summed E-state index contributed by atoms with van der Waals surface area (Å²) in [5.74, 6) is 1.28. The SMILES string of the molecule is C[C@@H]1C[C@@H](C)CN(CCCNC(=O)Cn2nc(Cc3cccnc3)c3ccccc3c2=O)C1. The first-order chi connectivity index (χ1) is 16.0. The van der Waals surface area contributed by atoms with Crippen molar-refractivity contribution in [1.29, 1.82) is 0 Å². The van der Waals surface area contributed by atoms with Gasteiger partial charge in [-0.3, -0.25) is 14.6 Å². The summed E-state index contributed by atoms with van der Waals surface area (Å²) in [6, 6.07) is 11.3. The van der Waals surface area contributed by atoms with E-state index < -0.39 is 0 Å². The standard InChI is InChI=1S/C26H33N5O2/c1-19-13-20(2)17-30(16-19)12-6-11-28-25(32)18-31-26(33)23-9-4-3-8-22(23)24(29-31)14-21-7-5-10-27-15-21/h3-5,7-10,15,19-20H,6,11-14,16-18H2,1-2H3,(H,28,32)/t19-,20-/m1/s1. The summed E-state index contributed by atoms with van der Waals surface area (Å²) < 4.78 is 1.29. The Morgan fingerprint density at radius 2 is 1.85 bits per heavy atom. The van der Waals surface area contributed by atoms with E-state index >= 15 is 0 Å². The van der Waals surface area contributed by atoms with Gasteiger partial charge in [-0.05, 0) is 48.9 Å². The first kappa shape index (κ1) is 23.1. The van der Waals surface area contributed by atoms with Crippen LogP contribution >= 0.6 is 0 Å². The molecule has 7 nitrogen and oxygen atoms in total. The number of likely N-dealkylation sites (tertiary alicyclic amines) is 1. The zero-order valence-electron chi connectivity index (χ0n) is 19.5. The Labute approximate surface area is 194 Å². The Hall–Kier alpha value is -3.06. The van der Waals surface area contributed by atoms with E-state index in [4.69, 9.17) is 0 Å². The maximum Gasteiger partial charge on any atom is 0.275 e. The monoisotopic (exact) mass is 447 g/mol. The maximum absolute atomic E-state index is 13.0. The van der Waals surface area contributed by atoms with Crippen LogP contribution in [0.4, 0.5) is 0 Å². The molecule has 1 aliphatic rings. The van der Waals surface area contributed by atoms with Gasteiger partial charge in [-0.15, -0.1) is 0 Å². The quantitative estimate of drug-likeness (QED) is 0.537. The third-order valence-electron chi connectivity index (χ3n) is 6.25. The summed E-state index contributed by atoms with van der Waals surface area (Å²) in [4.78, 5) is 32.2. The molecule has 3 heterocycles. The van der Waals surface area contributed by atoms with Gasteiger partial charge < -0.3 is 10.2 Å². The van der Waals surface area contributed by atoms with E-state index in [0.29, 0.717) is 18.4 Å². The molecule has 2 atom stereocenters. The van der Waals surface area contributed by atoms with Crippen molar-refractivity contribution < 1.29 is 4.79 Å². The second kappa shape index (κ2) is 10.7. The molecule has 1 amide bonds. The van der Waals surface area contributed by atoms with Crippen molar-refractivity contribution in [3.05, 3.63) is 70.4 Å². The number of rotatable bonds is 8. The van der Waals surface area contributed by atoms with Crippen molar-refractivity contribution in [1.82, 2.24) is 25.0 Å². The molecule has 3 aromatic rings. The highest BCUT2D eigenvalue weighted by molar-refractivity contribution is 5.84. The molecule has 1 N–H and O–H groups in total. The largest absolute Gasteiger partial charge is 0.354 e. The van der Waals surface area contributed by atoms with Crippen molar-refractivity contribution in [2.24, 2.45) is 11.8 Å². The van der Waals surface area contributed by atoms with Crippen molar-refractivity contribution >= 4 is 16.7 Å². The molecular formula is C26H33N5O2. The average molecular weight is 448 g/mol. The smallest absolute Gasteiger partial charge is 0.275 e. The number of nitrogens with zero attached hydrogens (tertiary/aromatic N) is 4. The first-order valence-electron chi connectivity index (χ1n) is 11.9. The fourth-order valence-corrected chi connectivity index (χ4v) is 4.94. The Bertz CT molecular complexity index is 1130. The molecule has 0 bridgehead atoms. The molecule has 0 spiro atoms. The summed E-state index contributed by atoms with van der Waals surface area (Å²) in [7, 11) is 0. The number of carbonyl (C=O) groups excluding carboxylic acids is 1. The number of amides is 1. The Morgan fingerprint density at radius 3 is 2.58 bits per heavy atom. The van der Waals surface area contributed by atoms with E-state index in [1.54, 1.807) is 18.5 Å². The highest BCUT2D eigenvalue weighted by Gasteiger charge is 2.21. The number of hydrogen-bond acceptors (Lipinski definition) is 5. The summed E-state index contributed by atoms with van der Waals surface area (Å²) in [6.07, 6.45) is 6.26. The zero-order valence-corrected chi connectivity index (χ0v) is 19.5. The van der Waals surface area contributed by atoms with Crippen molar-refractivity contribution in [3.8, 4) is 0 Å². The molecular weight excluding hydrogens is 414 g/mol. The molecule has 0 aliphatic carbocycles. The number of nitrogens with one attached hydrogen (secondary N) is 1. The molecule has 1 fully saturated rings. The van der Waals surface area contributed by atoms with Gasteiger partial charge in [-0.25, -0.2) is 4.68 Å². The van der Waals surface area contributed by atoms with E-state index in [1.807, 2.05) is 30.3 Å². The molecule has 1 aliphatic heterocycles. The fraction of sp³-hybridized carbons (Fsp3) is 0.462. The van der Waals surface area contributed by atoms with Crippen LogP contribution in [0.2, 0.25) is 0 Å². The second-order valence-corrected chi connectivity index (χ2v) is 9.40. The molecule has 33 heavy (non-hydrogen) atoms. The molecule has 2 aromatic heterocycles. The Morgan fingerprint density at radius 1 is 1.09 bits per heavy atom. The van der Waals surface area contributed by atoms with Gasteiger partial charge in [0.2, 0.25) is 5.91 Å². The van der Waals surface area contributed by atoms with Gasteiger partial charge >= 0.3 is 0 Å². The molecule has 0 unspecified atom stereocenters. The van der Waals surface area contributed by atoms with E-state index in [1.165, 1.54) is 11.1 Å². The van der Waals surface area contributed by atoms with E-state index in [2.05, 4.69) is 34.1 Å². The summed E-state index contributed by atoms with van der Waals surface area (Å²) >= 11 is 0. The number of hydrogen-bond donors (Lipinski definition) is 1. The first-order valence-corrected chi connectivity index (χ1v) is 11.9. The van der Waals surface area contributed by atoms with Gasteiger partial charge in [0.15, 0.2) is 0 Å². The number of benzene rings is 1. The number of pyridine rings is 1. The predicted octanol–water partition coefficient (Wildman–Crippen LogP) is 2.87. The minimum atomic E-state index is -0.244. The highest BCUT2D eigenvalue weighted by atomic mass is 16.2. The van der Waals surface area contributed by atoms with E-state index in [9.17, 15) is 9.59 Å². The zero-order chi connectivity index (χ0) is 23.2. The number of piperidine rings is 1. The van der Waals surface area contributed by atoms with E-state index in [0.717, 1.165) is 54.5 Å². The van der Waals surface area contributed by atoms with Crippen LogP contribution < -0.4 is 10.9 Å². The number of carbonyl (C=O) groups is 1. The lowest BCUT2D eigenvalue weighted by molar-refractivity contribution is -0.121. The van der Waals surface area contributed by atoms with Crippen molar-refractivity contribution in [3.63, 3.8) is 0 Å². The van der Waals surface area contributed by atoms with Crippen LogP contribution in [0.1, 0.15) is 37.9 Å². The summed E-state index contributed by atoms with van der Waals surface area (Å²) in [6.45, 7) is 8.38. The Balaban J connectivity index is 1.40. The van der Waals surface area contributed by atoms with Gasteiger partial charge in [0.05, 0.1) is 11.1 Å². The van der Waals surface area contributed by atoms with Crippen LogP contribution in [-0.4, -0.2) is 51.8 Å². The second-order valence-electron chi connectivity index (χ2n) is 9.40. The molecule has 174 valence electrons. The van der Waals surface area contributed by atoms with Crippen molar-refractivity contribution in [2.45, 2.75) is 39.7 Å². The number of aromatic nitrogens is 3. The minimum Gasteiger partial charge on any atom is -0.354 e. The van der Waals surface area contributed by atoms with Gasteiger partial charge in [-0.2, -0.15) is 5.10 Å². The van der Waals surface area contributed by atoms with Gasteiger partial charge in [0, 0.05) is 43.8 Å². The van der Waals surface area contributed by atoms with Crippen LogP contribution in [0.3, 0.4) is 0 Å². The molecule has 0 radical (unpaired) electrons. The van der Waals surface area contributed by atoms with Gasteiger partial charge in [-0.1, -0.05) is 38.1 Å². The highest BCUT2D eigenvalue weighted by Crippen LogP contribution is 2.20. The minimum absolute atomic E-state index is 0.0819. The Kier molecular flexibility index (Phi) is 7.50. The maximum atomic E-state index is 13.0.